The predicted octanol–water partition coefficient (Wildman–Crippen LogP) is 5.66. The fraction of sp³-hybridized carbons (Fsp3) is 0.200. The average molecular weight is 435 g/mol. The van der Waals surface area contributed by atoms with Crippen LogP contribution in [0.5, 0.6) is 0 Å². The molecule has 1 saturated heterocycles. The minimum atomic E-state index is -1.80. The van der Waals surface area contributed by atoms with Crippen molar-refractivity contribution in [1.29, 1.82) is 21.0 Å². The summed E-state index contributed by atoms with van der Waals surface area (Å²) in [6.07, 6.45) is 1.92. The van der Waals surface area contributed by atoms with Crippen molar-refractivity contribution in [2.24, 2.45) is 10.8 Å². The summed E-state index contributed by atoms with van der Waals surface area (Å²) in [7, 11) is 0. The zero-order valence-corrected chi connectivity index (χ0v) is 17.5. The molecule has 0 bridgehead atoms. The molecule has 1 aromatic rings. The van der Waals surface area contributed by atoms with Crippen molar-refractivity contribution >= 4 is 47.0 Å². The molecule has 0 aromatic heterocycles. The summed E-state index contributed by atoms with van der Waals surface area (Å²) < 4.78 is 2.12. The van der Waals surface area contributed by atoms with Crippen LogP contribution < -0.4 is 0 Å². The van der Waals surface area contributed by atoms with Crippen molar-refractivity contribution in [1.82, 2.24) is 0 Å². The topological polar surface area (TPSA) is 95.2 Å². The lowest BCUT2D eigenvalue weighted by Crippen LogP contribution is -2.51. The van der Waals surface area contributed by atoms with Crippen LogP contribution in [0.1, 0.15) is 11.5 Å². The highest BCUT2D eigenvalue weighted by molar-refractivity contribution is 8.33. The monoisotopic (exact) mass is 434 g/mol. The maximum atomic E-state index is 10.1. The van der Waals surface area contributed by atoms with Gasteiger partial charge in [-0.1, -0.05) is 71.7 Å². The van der Waals surface area contributed by atoms with Gasteiger partial charge in [-0.15, -0.1) is 11.8 Å². The van der Waals surface area contributed by atoms with Crippen molar-refractivity contribution in [2.45, 2.75) is 11.2 Å². The van der Waals surface area contributed by atoms with E-state index in [0.29, 0.717) is 0 Å². The zero-order chi connectivity index (χ0) is 19.8. The summed E-state index contributed by atoms with van der Waals surface area (Å²) in [6.45, 7) is 0. The van der Waals surface area contributed by atoms with Crippen LogP contribution in [0, 0.1) is 56.2 Å². The fourth-order valence-electron chi connectivity index (χ4n) is 3.57. The van der Waals surface area contributed by atoms with Crippen LogP contribution in [-0.2, 0) is 0 Å². The van der Waals surface area contributed by atoms with Crippen molar-refractivity contribution in [2.75, 3.05) is 0 Å². The van der Waals surface area contributed by atoms with E-state index in [1.165, 1.54) is 11.8 Å². The van der Waals surface area contributed by atoms with Crippen molar-refractivity contribution in [3.8, 4) is 24.3 Å². The molecule has 1 aromatic carbocycles. The van der Waals surface area contributed by atoms with Crippen LogP contribution in [0.4, 0.5) is 0 Å². The molecule has 0 amide bonds. The second-order valence-electron chi connectivity index (χ2n) is 6.20. The Morgan fingerprint density at radius 1 is 0.786 bits per heavy atom. The minimum Gasteiger partial charge on any atom is -0.196 e. The Balaban J connectivity index is 1.96. The lowest BCUT2D eigenvalue weighted by molar-refractivity contribution is 0.264. The molecule has 4 nitrogen and oxygen atoms in total. The van der Waals surface area contributed by atoms with Gasteiger partial charge in [0.05, 0.1) is 38.0 Å². The van der Waals surface area contributed by atoms with Crippen LogP contribution in [0.2, 0.25) is 0 Å². The number of rotatable bonds is 1. The largest absolute Gasteiger partial charge is 0.196 e. The van der Waals surface area contributed by atoms with Gasteiger partial charge in [0, 0.05) is 10.8 Å². The Morgan fingerprint density at radius 3 is 1.96 bits per heavy atom. The molecule has 134 valence electrons. The molecule has 28 heavy (non-hydrogen) atoms. The highest BCUT2D eigenvalue weighted by atomic mass is 32.2. The molecule has 2 aliphatic heterocycles. The van der Waals surface area contributed by atoms with Crippen molar-refractivity contribution in [3.05, 3.63) is 66.2 Å². The van der Waals surface area contributed by atoms with Crippen LogP contribution in [-0.4, -0.2) is 5.25 Å². The summed E-state index contributed by atoms with van der Waals surface area (Å²) in [5.41, 5.74) is -2.82. The van der Waals surface area contributed by atoms with E-state index in [4.69, 9.17) is 0 Å². The molecule has 1 aliphatic carbocycles. The Labute approximate surface area is 180 Å². The van der Waals surface area contributed by atoms with Gasteiger partial charge in [-0.25, -0.2) is 0 Å². The quantitative estimate of drug-likeness (QED) is 0.558. The smallest absolute Gasteiger partial charge is 0.192 e. The number of benzene rings is 1. The molecule has 0 radical (unpaired) electrons. The van der Waals surface area contributed by atoms with E-state index in [1.807, 2.05) is 47.2 Å². The molecule has 0 N–H and O–H groups in total. The number of hydrogen-bond acceptors (Lipinski definition) is 8. The number of hydrogen-bond donors (Lipinski definition) is 0. The van der Waals surface area contributed by atoms with Crippen molar-refractivity contribution in [3.63, 3.8) is 0 Å². The van der Waals surface area contributed by atoms with Crippen LogP contribution >= 0.6 is 47.0 Å². The SMILES string of the molecule is N#CC1(C#N)[C@@H]2SC(=C3SC=CS3)SC2=C[C@H](c2ccccc2)C1(C#N)C#N. The molecule has 8 heteroatoms. The predicted molar refractivity (Wildman–Crippen MR) is 115 cm³/mol. The van der Waals surface area contributed by atoms with Gasteiger partial charge in [0.25, 0.3) is 0 Å². The van der Waals surface area contributed by atoms with Crippen LogP contribution in [0.15, 0.2) is 60.6 Å². The minimum absolute atomic E-state index is 0.559. The molecule has 2 atom stereocenters. The Kier molecular flexibility index (Phi) is 5.00. The summed E-state index contributed by atoms with van der Waals surface area (Å²) in [5, 5.41) is 43.9. The van der Waals surface area contributed by atoms with Crippen LogP contribution in [0.25, 0.3) is 0 Å². The molecular weight excluding hydrogens is 425 g/mol. The molecule has 4 rings (SSSR count). The maximum absolute atomic E-state index is 10.1. The van der Waals surface area contributed by atoms with Gasteiger partial charge in [-0.05, 0) is 16.4 Å². The third-order valence-corrected chi connectivity index (χ3v) is 10.5. The van der Waals surface area contributed by atoms with E-state index >= 15 is 0 Å². The molecule has 0 spiro atoms. The molecule has 0 unspecified atom stereocenters. The average Bonchev–Trinajstić information content (AvgIpc) is 3.42. The van der Waals surface area contributed by atoms with Gasteiger partial charge in [0.15, 0.2) is 10.8 Å². The summed E-state index contributed by atoms with van der Waals surface area (Å²) in [6, 6.07) is 17.6. The van der Waals surface area contributed by atoms with Gasteiger partial charge >= 0.3 is 0 Å². The second kappa shape index (κ2) is 7.32. The third kappa shape index (κ3) is 2.54. The summed E-state index contributed by atoms with van der Waals surface area (Å²) in [4.78, 5) is 0.874. The number of nitriles is 4. The van der Waals surface area contributed by atoms with E-state index in [2.05, 4.69) is 24.3 Å². The number of nitrogens with zero attached hydrogens (tertiary/aromatic N) is 4. The van der Waals surface area contributed by atoms with E-state index < -0.39 is 22.0 Å². The highest BCUT2D eigenvalue weighted by Crippen LogP contribution is 2.68. The summed E-state index contributed by atoms with van der Waals surface area (Å²) in [5.74, 6) is -0.659. The molecule has 1 fully saturated rings. The van der Waals surface area contributed by atoms with E-state index in [0.717, 1.165) is 18.9 Å². The van der Waals surface area contributed by atoms with Gasteiger partial charge in [0.1, 0.15) is 0 Å². The first kappa shape index (κ1) is 19.1. The zero-order valence-electron chi connectivity index (χ0n) is 14.2. The number of fused-ring (bicyclic) bond motifs is 1. The third-order valence-electron chi connectivity index (χ3n) is 4.94. The standard InChI is InChI=1S/C20H10N4S4/c21-9-19(10-22)14(13-4-2-1-3-5-13)8-15-16(20(19,11-23)12-24)28-18(27-15)17-25-6-7-26-17/h1-8,14,16H/t14-,16-/m1/s1. The van der Waals surface area contributed by atoms with E-state index in [-0.39, 0.29) is 0 Å². The molecular formula is C20H10N4S4. The molecule has 2 heterocycles. The maximum Gasteiger partial charge on any atom is 0.192 e. The number of thioether (sulfide) groups is 4. The Morgan fingerprint density at radius 2 is 1.39 bits per heavy atom. The Hall–Kier alpha value is -2.20. The van der Waals surface area contributed by atoms with Gasteiger partial charge < -0.3 is 0 Å². The molecule has 3 aliphatic rings. The normalized spacial score (nSPS) is 26.4. The van der Waals surface area contributed by atoms with E-state index in [9.17, 15) is 21.0 Å². The fourth-order valence-corrected chi connectivity index (χ4v) is 8.95. The first-order chi connectivity index (χ1) is 13.7. The van der Waals surface area contributed by atoms with Crippen molar-refractivity contribution < 1.29 is 0 Å². The highest BCUT2D eigenvalue weighted by Gasteiger charge is 2.67. The first-order valence-corrected chi connectivity index (χ1v) is 11.6. The Bertz CT molecular complexity index is 1050. The summed E-state index contributed by atoms with van der Waals surface area (Å²) >= 11 is 6.18. The van der Waals surface area contributed by atoms with E-state index in [1.54, 1.807) is 35.3 Å². The lowest BCUT2D eigenvalue weighted by Gasteiger charge is -2.43. The van der Waals surface area contributed by atoms with Gasteiger partial charge in [-0.3, -0.25) is 0 Å². The molecule has 0 saturated carbocycles. The first-order valence-electron chi connectivity index (χ1n) is 8.14. The van der Waals surface area contributed by atoms with Gasteiger partial charge in [-0.2, -0.15) is 21.0 Å². The van der Waals surface area contributed by atoms with Gasteiger partial charge in [0.2, 0.25) is 0 Å². The second-order valence-corrected chi connectivity index (χ2v) is 10.8. The van der Waals surface area contributed by atoms with Crippen LogP contribution in [0.3, 0.4) is 0 Å². The lowest BCUT2D eigenvalue weighted by atomic mass is 9.54. The number of allylic oxidation sites excluding steroid dienone is 1.